The average Bonchev–Trinajstić information content (AvgIpc) is 2.46. The molecule has 0 saturated heterocycles. The number of hydrogen-bond donors (Lipinski definition) is 0. The molecule has 0 atom stereocenters. The lowest BCUT2D eigenvalue weighted by atomic mass is 10.1. The van der Waals surface area contributed by atoms with E-state index in [4.69, 9.17) is 9.47 Å². The molecule has 0 aliphatic heterocycles. The Balaban J connectivity index is 0.00000200. The first kappa shape index (κ1) is 16.5. The smallest absolute Gasteiger partial charge is 0.204 e. The predicted molar refractivity (Wildman–Crippen MR) is 76.1 cm³/mol. The second-order valence-electron chi connectivity index (χ2n) is 4.18. The Morgan fingerprint density at radius 2 is 1.80 bits per heavy atom. The fraction of sp³-hybridized carbons (Fsp3) is 0.188. The lowest BCUT2D eigenvalue weighted by molar-refractivity contribution is -0.673. The zero-order chi connectivity index (χ0) is 13.7. The minimum Gasteiger partial charge on any atom is -1.00 e. The molecule has 4 heteroatoms. The molecule has 0 fully saturated rings. The molecule has 20 heavy (non-hydrogen) atoms. The van der Waals surface area contributed by atoms with E-state index >= 15 is 0 Å². The van der Waals surface area contributed by atoms with Crippen LogP contribution in [-0.4, -0.2) is 14.2 Å². The van der Waals surface area contributed by atoms with Crippen molar-refractivity contribution < 1.29 is 38.0 Å². The van der Waals surface area contributed by atoms with E-state index in [0.717, 1.165) is 22.8 Å². The van der Waals surface area contributed by atoms with E-state index < -0.39 is 0 Å². The molecule has 0 unspecified atom stereocenters. The third kappa shape index (κ3) is 3.96. The van der Waals surface area contributed by atoms with Crippen molar-refractivity contribution in [2.75, 3.05) is 14.2 Å². The van der Waals surface area contributed by atoms with Gasteiger partial charge in [-0.25, -0.2) is 4.57 Å². The SMILES string of the molecule is COc1ccc(C=Cc2cccc[n+]2C)c(OC)c1.[I-]. The van der Waals surface area contributed by atoms with Crippen LogP contribution in [0, 0.1) is 0 Å². The molecule has 0 bridgehead atoms. The molecule has 1 aromatic heterocycles. The molecule has 0 radical (unpaired) electrons. The van der Waals surface area contributed by atoms with Crippen LogP contribution in [0.5, 0.6) is 11.5 Å². The number of halogens is 1. The Bertz CT molecular complexity index is 597. The van der Waals surface area contributed by atoms with Gasteiger partial charge in [0.25, 0.3) is 0 Å². The quantitative estimate of drug-likeness (QED) is 0.535. The van der Waals surface area contributed by atoms with Crippen LogP contribution in [0.25, 0.3) is 12.2 Å². The summed E-state index contributed by atoms with van der Waals surface area (Å²) in [6.07, 6.45) is 6.11. The Hall–Kier alpha value is -1.56. The minimum absolute atomic E-state index is 0. The molecule has 3 nitrogen and oxygen atoms in total. The van der Waals surface area contributed by atoms with Crippen molar-refractivity contribution in [1.82, 2.24) is 0 Å². The monoisotopic (exact) mass is 383 g/mol. The molecule has 0 amide bonds. The maximum absolute atomic E-state index is 5.37. The topological polar surface area (TPSA) is 22.3 Å². The van der Waals surface area contributed by atoms with Crippen molar-refractivity contribution in [2.45, 2.75) is 0 Å². The van der Waals surface area contributed by atoms with Gasteiger partial charge in [0, 0.05) is 29.8 Å². The number of benzene rings is 1. The molecule has 0 saturated carbocycles. The molecular formula is C16H18INO2. The number of aryl methyl sites for hydroxylation is 1. The van der Waals surface area contributed by atoms with Gasteiger partial charge in [0.15, 0.2) is 6.20 Å². The normalized spacial score (nSPS) is 10.2. The van der Waals surface area contributed by atoms with E-state index in [1.165, 1.54) is 0 Å². The van der Waals surface area contributed by atoms with Crippen LogP contribution in [0.2, 0.25) is 0 Å². The third-order valence-electron chi connectivity index (χ3n) is 2.97. The van der Waals surface area contributed by atoms with E-state index in [2.05, 4.69) is 16.7 Å². The van der Waals surface area contributed by atoms with Gasteiger partial charge in [0.05, 0.1) is 14.2 Å². The Morgan fingerprint density at radius 3 is 2.45 bits per heavy atom. The van der Waals surface area contributed by atoms with E-state index in [9.17, 15) is 0 Å². The van der Waals surface area contributed by atoms with Gasteiger partial charge in [-0.15, -0.1) is 0 Å². The number of aromatic nitrogens is 1. The lowest BCUT2D eigenvalue weighted by Crippen LogP contribution is -3.00. The highest BCUT2D eigenvalue weighted by atomic mass is 127. The van der Waals surface area contributed by atoms with Crippen molar-refractivity contribution in [3.05, 3.63) is 53.9 Å². The van der Waals surface area contributed by atoms with Crippen molar-refractivity contribution in [3.63, 3.8) is 0 Å². The number of nitrogens with zero attached hydrogens (tertiary/aromatic N) is 1. The van der Waals surface area contributed by atoms with E-state index in [-0.39, 0.29) is 24.0 Å². The number of pyridine rings is 1. The van der Waals surface area contributed by atoms with Gasteiger partial charge in [-0.05, 0) is 24.3 Å². The van der Waals surface area contributed by atoms with E-state index in [0.29, 0.717) is 0 Å². The van der Waals surface area contributed by atoms with Gasteiger partial charge in [-0.1, -0.05) is 0 Å². The molecule has 2 rings (SSSR count). The van der Waals surface area contributed by atoms with Crippen LogP contribution in [0.1, 0.15) is 11.3 Å². The number of hydrogen-bond acceptors (Lipinski definition) is 2. The predicted octanol–water partition coefficient (Wildman–Crippen LogP) is -0.297. The van der Waals surface area contributed by atoms with E-state index in [1.807, 2.05) is 49.7 Å². The standard InChI is InChI=1S/C16H18NO2.HI/c1-17-11-5-4-6-14(17)9-7-13-8-10-15(18-2)12-16(13)19-3;/h4-12H,1-3H3;1H/q+1;/p-1. The highest BCUT2D eigenvalue weighted by Gasteiger charge is 2.04. The summed E-state index contributed by atoms with van der Waals surface area (Å²) in [5.74, 6) is 1.59. The third-order valence-corrected chi connectivity index (χ3v) is 2.97. The van der Waals surface area contributed by atoms with Crippen molar-refractivity contribution in [1.29, 1.82) is 0 Å². The molecule has 0 aliphatic carbocycles. The number of methoxy groups -OCH3 is 2. The summed E-state index contributed by atoms with van der Waals surface area (Å²) < 4.78 is 12.6. The summed E-state index contributed by atoms with van der Waals surface area (Å²) >= 11 is 0. The second-order valence-corrected chi connectivity index (χ2v) is 4.18. The molecule has 1 heterocycles. The first-order valence-corrected chi connectivity index (χ1v) is 6.09. The van der Waals surface area contributed by atoms with Crippen molar-refractivity contribution in [2.24, 2.45) is 7.05 Å². The van der Waals surface area contributed by atoms with E-state index in [1.54, 1.807) is 14.2 Å². The van der Waals surface area contributed by atoms with Crippen molar-refractivity contribution >= 4 is 12.2 Å². The average molecular weight is 383 g/mol. The summed E-state index contributed by atoms with van der Waals surface area (Å²) in [5.41, 5.74) is 2.15. The molecule has 0 N–H and O–H groups in total. The van der Waals surface area contributed by atoms with Crippen LogP contribution in [-0.2, 0) is 7.05 Å². The first-order chi connectivity index (χ1) is 9.24. The zero-order valence-corrected chi connectivity index (χ0v) is 14.0. The van der Waals surface area contributed by atoms with Crippen LogP contribution in [0.15, 0.2) is 42.6 Å². The largest absolute Gasteiger partial charge is 1.00 e. The molecule has 0 spiro atoms. The maximum atomic E-state index is 5.37. The van der Waals surface area contributed by atoms with Crippen LogP contribution in [0.4, 0.5) is 0 Å². The van der Waals surface area contributed by atoms with Crippen LogP contribution < -0.4 is 38.0 Å². The Labute approximate surface area is 136 Å². The van der Waals surface area contributed by atoms with Gasteiger partial charge in [-0.2, -0.15) is 0 Å². The highest BCUT2D eigenvalue weighted by Crippen LogP contribution is 2.25. The number of rotatable bonds is 4. The fourth-order valence-electron chi connectivity index (χ4n) is 1.84. The molecule has 106 valence electrons. The summed E-state index contributed by atoms with van der Waals surface area (Å²) in [5, 5.41) is 0. The van der Waals surface area contributed by atoms with Crippen molar-refractivity contribution in [3.8, 4) is 11.5 Å². The molecule has 0 aliphatic rings. The Morgan fingerprint density at radius 1 is 1.00 bits per heavy atom. The minimum atomic E-state index is 0. The summed E-state index contributed by atoms with van der Waals surface area (Å²) in [6, 6.07) is 11.9. The maximum Gasteiger partial charge on any atom is 0.204 e. The summed E-state index contributed by atoms with van der Waals surface area (Å²) in [4.78, 5) is 0. The second kappa shape index (κ2) is 7.89. The fourth-order valence-corrected chi connectivity index (χ4v) is 1.84. The van der Waals surface area contributed by atoms with Gasteiger partial charge >= 0.3 is 0 Å². The van der Waals surface area contributed by atoms with Crippen LogP contribution >= 0.6 is 0 Å². The highest BCUT2D eigenvalue weighted by molar-refractivity contribution is 5.71. The van der Waals surface area contributed by atoms with Gasteiger partial charge in [-0.3, -0.25) is 0 Å². The Kier molecular flexibility index (Phi) is 6.51. The summed E-state index contributed by atoms with van der Waals surface area (Å²) in [7, 11) is 5.33. The van der Waals surface area contributed by atoms with Gasteiger partial charge in [0.2, 0.25) is 5.69 Å². The number of ether oxygens (including phenoxy) is 2. The zero-order valence-electron chi connectivity index (χ0n) is 11.8. The summed E-state index contributed by atoms with van der Waals surface area (Å²) in [6.45, 7) is 0. The van der Waals surface area contributed by atoms with Crippen LogP contribution in [0.3, 0.4) is 0 Å². The van der Waals surface area contributed by atoms with Gasteiger partial charge < -0.3 is 33.5 Å². The first-order valence-electron chi connectivity index (χ1n) is 6.09. The lowest BCUT2D eigenvalue weighted by Gasteiger charge is -2.07. The molecular weight excluding hydrogens is 365 g/mol. The molecule has 1 aromatic carbocycles. The van der Waals surface area contributed by atoms with Gasteiger partial charge in [0.1, 0.15) is 18.5 Å². The molecule has 2 aromatic rings.